The highest BCUT2D eigenvalue weighted by atomic mass is 19.1. The SMILES string of the molecule is C=C1/C(=C\C=C2/CCCC3(C)C(C(C)C/C=C/C(O)(CC)CC)=CCC23)CC(C)CC1C.C=C1/C(=C\C=C2/CCCC3(C)C(C(C)CCCC(O)(CC)CC)=CCC23)CC(C)CC1F.C=C1/C(=C\C=C2/CCCC3(C)C2CCC3C(C)C/C=C/C(O)(CC)CC)CC(O)CC1c1ccccc1.CCC(O)(/C=C/CC(C)C1=CCC2/C(=C/C=C3/CC(C)CC(c4ccccc4)C3=O)CCCC12C)CC. The van der Waals surface area contributed by atoms with E-state index in [0.717, 1.165) is 163 Å². The summed E-state index contributed by atoms with van der Waals surface area (Å²) in [5, 5.41) is 53.2. The molecule has 12 aliphatic carbocycles. The molecule has 21 atom stereocenters. The van der Waals surface area contributed by atoms with Gasteiger partial charge in [-0.3, -0.25) is 4.79 Å². The number of carbonyl (C=O) groups is 1. The lowest BCUT2D eigenvalue weighted by atomic mass is 9.61. The smallest absolute Gasteiger partial charge is 0.166 e. The Morgan fingerprint density at radius 2 is 0.819 bits per heavy atom. The molecule has 138 heavy (non-hydrogen) atoms. The standard InChI is InChI=1S/C35H48O2.C35H50O2.C31H48O.C30H47FO/c1-6-35(37,7-2)22-11-13-26(4)31-19-20-32-28(16-12-21-34(31,32)5)17-18-29-23-25(3)24-30(33(29)36)27-14-9-8-10-15-27;1-6-35(37,7-2)22-11-13-25(3)32-19-20-33-28(16-12-21-34(32,33)5)17-18-29-23-30(36)24-31(26(29)4)27-14-9-8-10-15-27;1-8-31(32,9-2)19-10-12-23(4)28-16-17-29-26(13-11-18-30(28,29)7)14-15-27-21-22(3)20-24(5)25(27)6;1-7-30(32,8-2)18-9-11-22(4)26-15-16-27-24(12-10-17-29(26,27)6)13-14-25-19-21(3)20-28(31)23(25)5/h8-11,14-15,17-19,22,25-26,30,32,37H,6-7,12-13,16,20-21,23-24H2,1-5H3;8-11,14-15,17-18,22,25,30-33,36-37H,4,6-7,12-13,16,19-21,23-24H2,1-3,5H3;10,14-16,19,22-24,29,32H,6,8-9,11-13,17-18,20-21H2,1-5,7H3;13-15,21-22,27-28,32H,5,7-12,16-20H2,1-4,6H3/b2*22-11+,28-17+,29-18-;19-10+,26-14+,27-15-;24-13+,25-14-. The van der Waals surface area contributed by atoms with Gasteiger partial charge in [0.15, 0.2) is 5.78 Å². The van der Waals surface area contributed by atoms with E-state index in [4.69, 9.17) is 0 Å². The number of benzene rings is 2. The number of halogens is 1. The van der Waals surface area contributed by atoms with E-state index in [1.165, 1.54) is 136 Å². The number of carbonyl (C=O) groups excluding carboxylic acids is 1. The van der Waals surface area contributed by atoms with Gasteiger partial charge in [-0.15, -0.1) is 0 Å². The second-order valence-electron chi connectivity index (χ2n) is 47.8. The highest BCUT2D eigenvalue weighted by Crippen LogP contribution is 2.63. The van der Waals surface area contributed by atoms with E-state index in [1.807, 2.05) is 24.3 Å². The lowest BCUT2D eigenvalue weighted by Crippen LogP contribution is -2.36. The fourth-order valence-electron chi connectivity index (χ4n) is 28.8. The van der Waals surface area contributed by atoms with Crippen LogP contribution in [-0.4, -0.2) is 66.0 Å². The third kappa shape index (κ3) is 26.9. The van der Waals surface area contributed by atoms with Gasteiger partial charge in [0.25, 0.3) is 0 Å². The van der Waals surface area contributed by atoms with Gasteiger partial charge in [0.05, 0.1) is 28.5 Å². The zero-order chi connectivity index (χ0) is 100. The van der Waals surface area contributed by atoms with E-state index >= 15 is 0 Å². The number of rotatable bonds is 31. The predicted molar refractivity (Wildman–Crippen MR) is 586 cm³/mol. The normalized spacial score (nSPS) is 33.7. The molecule has 0 heterocycles. The average Bonchev–Trinajstić information content (AvgIpc) is 1.62. The summed E-state index contributed by atoms with van der Waals surface area (Å²) in [5.41, 5.74) is 20.5. The van der Waals surface area contributed by atoms with Crippen LogP contribution in [0, 0.1) is 98.6 Å². The molecule has 5 N–H and O–H groups in total. The highest BCUT2D eigenvalue weighted by molar-refractivity contribution is 6.01. The molecule has 2 aromatic rings. The van der Waals surface area contributed by atoms with Crippen molar-refractivity contribution in [1.82, 2.24) is 0 Å². The Morgan fingerprint density at radius 3 is 1.27 bits per heavy atom. The van der Waals surface area contributed by atoms with Crippen LogP contribution < -0.4 is 0 Å². The summed E-state index contributed by atoms with van der Waals surface area (Å²) >= 11 is 0. The number of fused-ring (bicyclic) bond motifs is 4. The lowest BCUT2D eigenvalue weighted by Gasteiger charge is -2.44. The summed E-state index contributed by atoms with van der Waals surface area (Å²) in [7, 11) is 0. The Bertz CT molecular complexity index is 4760. The first kappa shape index (κ1) is 112. The average molecular weight is 1880 g/mol. The van der Waals surface area contributed by atoms with Gasteiger partial charge < -0.3 is 25.5 Å². The minimum absolute atomic E-state index is 0.00190. The maximum Gasteiger partial charge on any atom is 0.166 e. The van der Waals surface area contributed by atoms with Crippen molar-refractivity contribution in [3.63, 3.8) is 0 Å². The number of alkyl halides is 1. The quantitative estimate of drug-likeness (QED) is 0.0379. The number of aliphatic hydroxyl groups is 5. The maximum atomic E-state index is 14.3. The molecule has 760 valence electrons. The molecule has 14 rings (SSSR count). The molecule has 0 saturated heterocycles. The van der Waals surface area contributed by atoms with Crippen LogP contribution in [0.1, 0.15) is 412 Å². The van der Waals surface area contributed by atoms with Crippen molar-refractivity contribution < 1.29 is 34.7 Å². The fourth-order valence-corrected chi connectivity index (χ4v) is 28.8. The molecule has 7 heteroatoms. The summed E-state index contributed by atoms with van der Waals surface area (Å²) in [5.74, 6) is 8.23. The summed E-state index contributed by atoms with van der Waals surface area (Å²) in [6.45, 7) is 58.3. The summed E-state index contributed by atoms with van der Waals surface area (Å²) < 4.78 is 14.3. The van der Waals surface area contributed by atoms with Crippen molar-refractivity contribution in [1.29, 1.82) is 0 Å². The van der Waals surface area contributed by atoms with Crippen molar-refractivity contribution in [3.8, 4) is 0 Å². The maximum absolute atomic E-state index is 14.3. The summed E-state index contributed by atoms with van der Waals surface area (Å²) in [6.07, 6.45) is 78.8. The number of Topliss-reactive ketones (excluding diaryl/α,β-unsaturated/α-hetero) is 1. The second kappa shape index (κ2) is 49.8. The van der Waals surface area contributed by atoms with E-state index < -0.39 is 28.6 Å². The zero-order valence-corrected chi connectivity index (χ0v) is 90.6. The zero-order valence-electron chi connectivity index (χ0n) is 90.6. The van der Waals surface area contributed by atoms with Crippen molar-refractivity contribution in [2.45, 2.75) is 435 Å². The van der Waals surface area contributed by atoms with Crippen molar-refractivity contribution >= 4 is 5.78 Å². The second-order valence-corrected chi connectivity index (χ2v) is 47.8. The van der Waals surface area contributed by atoms with E-state index in [9.17, 15) is 34.7 Å². The molecule has 9 saturated carbocycles. The first-order chi connectivity index (χ1) is 65.7. The van der Waals surface area contributed by atoms with Gasteiger partial charge >= 0.3 is 0 Å². The minimum atomic E-state index is -0.876. The number of allylic oxidation sites excluding steroid dienone is 27. The van der Waals surface area contributed by atoms with Crippen LogP contribution in [-0.2, 0) is 4.79 Å². The van der Waals surface area contributed by atoms with Crippen LogP contribution in [0.4, 0.5) is 4.39 Å². The Morgan fingerprint density at radius 1 is 0.435 bits per heavy atom. The van der Waals surface area contributed by atoms with Gasteiger partial charge in [-0.25, -0.2) is 4.39 Å². The van der Waals surface area contributed by atoms with Crippen molar-refractivity contribution in [3.05, 3.63) is 273 Å². The molecule has 0 aromatic heterocycles. The van der Waals surface area contributed by atoms with Crippen LogP contribution in [0.5, 0.6) is 0 Å². The number of hydrogen-bond donors (Lipinski definition) is 5. The highest BCUT2D eigenvalue weighted by Gasteiger charge is 2.53. The Kier molecular flexibility index (Phi) is 40.3. The molecule has 0 amide bonds. The van der Waals surface area contributed by atoms with Crippen molar-refractivity contribution in [2.24, 2.45) is 98.6 Å². The van der Waals surface area contributed by atoms with Crippen LogP contribution in [0.25, 0.3) is 0 Å². The molecular formula is C131H193FO6. The lowest BCUT2D eigenvalue weighted by molar-refractivity contribution is -0.118. The van der Waals surface area contributed by atoms with Crippen LogP contribution >= 0.6 is 0 Å². The molecule has 0 bridgehead atoms. The van der Waals surface area contributed by atoms with E-state index in [-0.39, 0.29) is 28.8 Å². The largest absolute Gasteiger partial charge is 0.393 e. The number of ketones is 1. The first-order valence-electron chi connectivity index (χ1n) is 56.3. The first-order valence-corrected chi connectivity index (χ1v) is 56.3. The topological polar surface area (TPSA) is 118 Å². The predicted octanol–water partition coefficient (Wildman–Crippen LogP) is 35.0. The Labute approximate surface area is 841 Å². The summed E-state index contributed by atoms with van der Waals surface area (Å²) in [4.78, 5) is 13.5. The number of aliphatic hydroxyl groups excluding tert-OH is 1. The van der Waals surface area contributed by atoms with Crippen LogP contribution in [0.15, 0.2) is 262 Å². The molecule has 12 aliphatic rings. The molecule has 2 aromatic carbocycles. The van der Waals surface area contributed by atoms with E-state index in [0.29, 0.717) is 100 Å². The van der Waals surface area contributed by atoms with Gasteiger partial charge in [0.1, 0.15) is 6.17 Å². The van der Waals surface area contributed by atoms with E-state index in [2.05, 4.69) is 298 Å². The molecule has 0 spiro atoms. The fraction of sp³-hybridized carbons (Fsp3) is 0.641. The summed E-state index contributed by atoms with van der Waals surface area (Å²) in [6, 6.07) is 20.9. The molecule has 0 aliphatic heterocycles. The molecule has 0 radical (unpaired) electrons. The molecule has 21 unspecified atom stereocenters. The number of hydrogen-bond acceptors (Lipinski definition) is 6. The van der Waals surface area contributed by atoms with Crippen LogP contribution in [0.3, 0.4) is 0 Å². The third-order valence-electron chi connectivity index (χ3n) is 38.5. The Hall–Kier alpha value is -6.58. The van der Waals surface area contributed by atoms with Crippen LogP contribution in [0.2, 0.25) is 0 Å². The minimum Gasteiger partial charge on any atom is -0.393 e. The monoisotopic (exact) mass is 1880 g/mol. The molecule has 6 nitrogen and oxygen atoms in total. The third-order valence-corrected chi connectivity index (χ3v) is 38.5. The van der Waals surface area contributed by atoms with Gasteiger partial charge in [0, 0.05) is 11.8 Å². The molecular weight excluding hydrogens is 1690 g/mol. The Balaban J connectivity index is 0.000000177. The van der Waals surface area contributed by atoms with Gasteiger partial charge in [-0.2, -0.15) is 0 Å². The van der Waals surface area contributed by atoms with E-state index in [1.54, 1.807) is 33.4 Å². The van der Waals surface area contributed by atoms with Gasteiger partial charge in [-0.1, -0.05) is 368 Å². The van der Waals surface area contributed by atoms with Gasteiger partial charge in [0.2, 0.25) is 0 Å². The van der Waals surface area contributed by atoms with Crippen molar-refractivity contribution in [2.75, 3.05) is 0 Å². The molecule has 9 fully saturated rings. The van der Waals surface area contributed by atoms with Gasteiger partial charge in [-0.05, 0) is 393 Å².